The molecule has 0 bridgehead atoms. The summed E-state index contributed by atoms with van der Waals surface area (Å²) in [6.07, 6.45) is 15.8. The Hall–Kier alpha value is -1.53. The van der Waals surface area contributed by atoms with Crippen LogP contribution < -0.4 is 15.5 Å². The summed E-state index contributed by atoms with van der Waals surface area (Å²) in [5.41, 5.74) is 0.714. The molecule has 0 spiro atoms. The molecule has 1 fully saturated rings. The van der Waals surface area contributed by atoms with Gasteiger partial charge in [0.05, 0.1) is 12.4 Å². The lowest BCUT2D eigenvalue weighted by Crippen LogP contribution is -2.33. The molecule has 4 N–H and O–H groups in total. The van der Waals surface area contributed by atoms with Crippen LogP contribution in [0.3, 0.4) is 0 Å². The summed E-state index contributed by atoms with van der Waals surface area (Å²) in [7, 11) is -3.41. The van der Waals surface area contributed by atoms with E-state index in [1.165, 1.54) is 19.3 Å². The van der Waals surface area contributed by atoms with E-state index >= 15 is 0 Å². The van der Waals surface area contributed by atoms with Crippen molar-refractivity contribution in [2.45, 2.75) is 57.8 Å². The fourth-order valence-corrected chi connectivity index (χ4v) is 5.49. The number of nitrogens with one attached hydrogen (secondary N) is 3. The fraction of sp³-hybridized carbons (Fsp3) is 0.650. The molecule has 180 valence electrons. The van der Waals surface area contributed by atoms with E-state index in [9.17, 15) is 13.6 Å². The predicted octanol–water partition coefficient (Wildman–Crippen LogP) is 2.78. The number of hydrogen-bond donors (Lipinski definition) is 4. The maximum absolute atomic E-state index is 12.0. The smallest absolute Gasteiger partial charge is 0.233 e. The minimum atomic E-state index is -3.41. The molecular weight excluding hydrogens is 547 g/mol. The van der Waals surface area contributed by atoms with Crippen LogP contribution in [0.1, 0.15) is 57.8 Å². The minimum absolute atomic E-state index is 0.0468. The molecule has 32 heavy (non-hydrogen) atoms. The van der Waals surface area contributed by atoms with Crippen LogP contribution in [0.25, 0.3) is 0 Å². The van der Waals surface area contributed by atoms with E-state index in [1.807, 2.05) is 16.3 Å². The summed E-state index contributed by atoms with van der Waals surface area (Å²) < 4.78 is 27.1. The summed E-state index contributed by atoms with van der Waals surface area (Å²) in [5, 5.41) is 23.9. The molecule has 0 aromatic rings. The Morgan fingerprint density at radius 3 is 2.84 bits per heavy atom. The number of aliphatic imine (C=N–C) groups is 1. The van der Waals surface area contributed by atoms with Crippen molar-refractivity contribution in [2.24, 2.45) is 10.9 Å². The van der Waals surface area contributed by atoms with E-state index < -0.39 is 31.0 Å². The Kier molecular flexibility index (Phi) is 12.8. The predicted molar refractivity (Wildman–Crippen MR) is 133 cm³/mol. The minimum Gasteiger partial charge on any atom is -0.325 e. The Morgan fingerprint density at radius 2 is 2.06 bits per heavy atom. The first-order chi connectivity index (χ1) is 15.5. The molecule has 0 radical (unpaired) electrons. The van der Waals surface area contributed by atoms with Gasteiger partial charge in [-0.3, -0.25) is 20.4 Å². The van der Waals surface area contributed by atoms with Gasteiger partial charge in [-0.05, 0) is 47.8 Å². The van der Waals surface area contributed by atoms with Crippen LogP contribution in [-0.2, 0) is 14.9 Å². The summed E-state index contributed by atoms with van der Waals surface area (Å²) in [6.45, 7) is 0.959. The van der Waals surface area contributed by atoms with E-state index in [1.54, 1.807) is 12.3 Å². The van der Waals surface area contributed by atoms with Crippen LogP contribution in [0.2, 0.25) is 0 Å². The molecule has 0 unspecified atom stereocenters. The molecule has 0 aromatic heterocycles. The van der Waals surface area contributed by atoms with Crippen LogP contribution in [0, 0.1) is 17.4 Å². The standard InChI is InChI=1S/C20H33IN6O4S/c22-17-24-20(25-19-10-12-21-27(28)14-11-19)23-13-6-1-2-7-15-32(29,30)26-31-16-18-8-4-3-5-9-18/h10-12,14,18,26,28H,1-9,13,15-16H2,(H2,23,24,25). The zero-order chi connectivity index (χ0) is 23.1. The van der Waals surface area contributed by atoms with Crippen LogP contribution in [0.15, 0.2) is 29.0 Å². The van der Waals surface area contributed by atoms with Gasteiger partial charge in [-0.2, -0.15) is 5.26 Å². The van der Waals surface area contributed by atoms with Crippen molar-refractivity contribution in [3.05, 3.63) is 24.0 Å². The molecule has 1 aliphatic carbocycles. The Labute approximate surface area is 200 Å². The largest absolute Gasteiger partial charge is 0.325 e. The van der Waals surface area contributed by atoms with Gasteiger partial charge in [0.15, 0.2) is 6.19 Å². The van der Waals surface area contributed by atoms with E-state index in [0.717, 1.165) is 35.4 Å². The summed E-state index contributed by atoms with van der Waals surface area (Å²) in [6, 6.07) is 0. The highest BCUT2D eigenvalue weighted by Crippen LogP contribution is 2.23. The van der Waals surface area contributed by atoms with Crippen molar-refractivity contribution >= 4 is 41.0 Å². The molecular formula is C20H33IN6O4S. The Morgan fingerprint density at radius 1 is 1.28 bits per heavy atom. The zero-order valence-electron chi connectivity index (χ0n) is 18.2. The second-order valence-corrected chi connectivity index (χ2v) is 11.7. The molecule has 1 heterocycles. The average molecular weight is 580 g/mol. The first-order valence-electron chi connectivity index (χ1n) is 10.9. The highest BCUT2D eigenvalue weighted by atomic mass is 127. The third kappa shape index (κ3) is 11.9. The van der Waals surface area contributed by atoms with Gasteiger partial charge in [0.1, 0.15) is 0 Å². The number of unbranched alkanes of at least 4 members (excludes halogenated alkanes) is 3. The number of hydroxylamine groups is 1. The normalized spacial score (nSPS) is 17.8. The summed E-state index contributed by atoms with van der Waals surface area (Å²) in [5.74, 6) is 0.842. The fourth-order valence-electron chi connectivity index (χ4n) is 3.35. The Balaban J connectivity index is 1.59. The average Bonchev–Trinajstić information content (AvgIpc) is 2.97. The second kappa shape index (κ2) is 15.3. The number of nitrogens with zero attached hydrogens (tertiary/aromatic N) is 3. The molecule has 10 nitrogen and oxygen atoms in total. The van der Waals surface area contributed by atoms with Gasteiger partial charge >= 0.3 is 0 Å². The first-order valence-corrected chi connectivity index (χ1v) is 14.8. The molecule has 0 atom stereocenters. The number of rotatable bonds is 12. The lowest BCUT2D eigenvalue weighted by atomic mass is 9.90. The maximum Gasteiger partial charge on any atom is 0.233 e. The van der Waals surface area contributed by atoms with Crippen molar-refractivity contribution in [1.29, 1.82) is 5.26 Å². The van der Waals surface area contributed by atoms with Crippen molar-refractivity contribution < 1.29 is 18.5 Å². The molecule has 1 saturated carbocycles. The SMILES string of the molecule is N#CNC(=NCCCCCCS(=O)(=O)NOCC1CCCCC1)NC1=CC=IN(O)C=C1. The van der Waals surface area contributed by atoms with Gasteiger partial charge in [-0.25, -0.2) is 11.7 Å². The molecule has 2 aliphatic rings. The third-order valence-corrected chi connectivity index (χ3v) is 7.81. The van der Waals surface area contributed by atoms with E-state index in [4.69, 9.17) is 10.1 Å². The molecule has 12 heteroatoms. The van der Waals surface area contributed by atoms with Crippen molar-refractivity contribution in [1.82, 2.24) is 18.8 Å². The van der Waals surface area contributed by atoms with Crippen LogP contribution in [0.4, 0.5) is 0 Å². The van der Waals surface area contributed by atoms with Crippen molar-refractivity contribution in [3.63, 3.8) is 0 Å². The van der Waals surface area contributed by atoms with Gasteiger partial charge in [-0.15, -0.1) is 0 Å². The lowest BCUT2D eigenvalue weighted by molar-refractivity contribution is 0.0519. The van der Waals surface area contributed by atoms with Gasteiger partial charge in [0.2, 0.25) is 16.0 Å². The summed E-state index contributed by atoms with van der Waals surface area (Å²) >= 11 is -0.593. The highest BCUT2D eigenvalue weighted by molar-refractivity contribution is 14.2. The molecule has 0 saturated heterocycles. The molecule has 1 aliphatic heterocycles. The number of hydrogen-bond acceptors (Lipinski definition) is 7. The lowest BCUT2D eigenvalue weighted by Gasteiger charge is -2.20. The van der Waals surface area contributed by atoms with E-state index in [2.05, 4.69) is 20.5 Å². The maximum atomic E-state index is 12.0. The zero-order valence-corrected chi connectivity index (χ0v) is 21.1. The van der Waals surface area contributed by atoms with Crippen LogP contribution in [0.5, 0.6) is 0 Å². The number of halogens is 1. The summed E-state index contributed by atoms with van der Waals surface area (Å²) in [4.78, 5) is 11.8. The topological polar surface area (TPSA) is 139 Å². The van der Waals surface area contributed by atoms with E-state index in [0.29, 0.717) is 37.1 Å². The third-order valence-electron chi connectivity index (χ3n) is 5.03. The number of nitriles is 1. The second-order valence-electron chi connectivity index (χ2n) is 7.67. The quantitative estimate of drug-likeness (QED) is 0.0404. The van der Waals surface area contributed by atoms with Crippen molar-refractivity contribution in [3.8, 4) is 6.19 Å². The molecule has 0 aromatic carbocycles. The number of guanidine groups is 1. The van der Waals surface area contributed by atoms with Crippen LogP contribution in [-0.4, -0.2) is 45.8 Å². The highest BCUT2D eigenvalue weighted by Gasteiger charge is 2.15. The molecule has 0 amide bonds. The monoisotopic (exact) mass is 580 g/mol. The van der Waals surface area contributed by atoms with Gasteiger partial charge in [-0.1, -0.05) is 37.0 Å². The van der Waals surface area contributed by atoms with Gasteiger partial charge in [0, 0.05) is 39.4 Å². The van der Waals surface area contributed by atoms with Gasteiger partial charge < -0.3 is 5.32 Å². The number of allylic oxidation sites excluding steroid dienone is 2. The van der Waals surface area contributed by atoms with E-state index in [-0.39, 0.29) is 5.75 Å². The van der Waals surface area contributed by atoms with Crippen molar-refractivity contribution in [2.75, 3.05) is 18.9 Å². The first kappa shape index (κ1) is 26.7. The van der Waals surface area contributed by atoms with Gasteiger partial charge in [0.25, 0.3) is 0 Å². The van der Waals surface area contributed by atoms with Crippen LogP contribution >= 0.6 is 21.0 Å². The molecule has 2 rings (SSSR count). The Bertz CT molecular complexity index is 832. The number of sulfonamides is 1.